The molecule has 3 fully saturated rings. The Balaban J connectivity index is 1.15. The van der Waals surface area contributed by atoms with Crippen LogP contribution in [0.3, 0.4) is 0 Å². The maximum Gasteiger partial charge on any atom is 0.317 e. The van der Waals surface area contributed by atoms with Gasteiger partial charge in [-0.3, -0.25) is 4.79 Å². The molecule has 1 aliphatic carbocycles. The Bertz CT molecular complexity index is 1070. The molecule has 0 aromatic heterocycles. The van der Waals surface area contributed by atoms with Crippen molar-refractivity contribution in [2.75, 3.05) is 26.2 Å². The lowest BCUT2D eigenvalue weighted by Gasteiger charge is -2.39. The zero-order valence-corrected chi connectivity index (χ0v) is 18.8. The van der Waals surface area contributed by atoms with Gasteiger partial charge in [-0.25, -0.2) is 13.6 Å². The molecular formula is C26H29F2N3O2. The first-order valence-corrected chi connectivity index (χ1v) is 11.7. The van der Waals surface area contributed by atoms with Gasteiger partial charge in [0, 0.05) is 38.1 Å². The number of benzene rings is 2. The van der Waals surface area contributed by atoms with Crippen molar-refractivity contribution in [1.29, 1.82) is 0 Å². The van der Waals surface area contributed by atoms with E-state index >= 15 is 0 Å². The Morgan fingerprint density at radius 1 is 0.970 bits per heavy atom. The van der Waals surface area contributed by atoms with Crippen LogP contribution in [0.25, 0.3) is 0 Å². The predicted octanol–water partition coefficient (Wildman–Crippen LogP) is 4.47. The van der Waals surface area contributed by atoms with Gasteiger partial charge in [0.25, 0.3) is 5.91 Å². The molecule has 1 spiro atoms. The SMILES string of the molecule is Cc1ccc(F)c(C(=O)N2CCC3(CCN(C(=O)N[C@@H]4C[C@H]4c4ccccc4)C3)CC2)c1F. The molecule has 2 heterocycles. The maximum absolute atomic E-state index is 14.4. The van der Waals surface area contributed by atoms with Gasteiger partial charge in [-0.1, -0.05) is 36.4 Å². The van der Waals surface area contributed by atoms with E-state index in [0.29, 0.717) is 32.1 Å². The van der Waals surface area contributed by atoms with Crippen LogP contribution in [0.15, 0.2) is 42.5 Å². The second-order valence-electron chi connectivity index (χ2n) is 9.83. The molecule has 0 bridgehead atoms. The minimum absolute atomic E-state index is 0.0160. The third kappa shape index (κ3) is 4.21. The number of nitrogens with one attached hydrogen (secondary N) is 1. The monoisotopic (exact) mass is 453 g/mol. The van der Waals surface area contributed by atoms with Gasteiger partial charge in [-0.2, -0.15) is 0 Å². The second kappa shape index (κ2) is 8.43. The molecule has 174 valence electrons. The van der Waals surface area contributed by atoms with Crippen molar-refractivity contribution in [3.8, 4) is 0 Å². The van der Waals surface area contributed by atoms with Gasteiger partial charge in [-0.15, -0.1) is 0 Å². The number of halogens is 2. The van der Waals surface area contributed by atoms with Crippen molar-refractivity contribution in [3.05, 3.63) is 70.8 Å². The van der Waals surface area contributed by atoms with Gasteiger partial charge in [-0.05, 0) is 55.2 Å². The number of likely N-dealkylation sites (tertiary alicyclic amines) is 2. The van der Waals surface area contributed by atoms with Crippen LogP contribution in [0.4, 0.5) is 13.6 Å². The van der Waals surface area contributed by atoms with Crippen LogP contribution in [0.5, 0.6) is 0 Å². The predicted molar refractivity (Wildman–Crippen MR) is 121 cm³/mol. The summed E-state index contributed by atoms with van der Waals surface area (Å²) in [6.45, 7) is 3.78. The average Bonchev–Trinajstić information content (AvgIpc) is 3.47. The highest BCUT2D eigenvalue weighted by molar-refractivity contribution is 5.95. The van der Waals surface area contributed by atoms with Gasteiger partial charge in [0.15, 0.2) is 0 Å². The van der Waals surface area contributed by atoms with Crippen molar-refractivity contribution in [2.24, 2.45) is 5.41 Å². The molecule has 3 aliphatic rings. The molecular weight excluding hydrogens is 424 g/mol. The maximum atomic E-state index is 14.4. The van der Waals surface area contributed by atoms with Crippen LogP contribution in [0.1, 0.15) is 53.1 Å². The van der Waals surface area contributed by atoms with Gasteiger partial charge >= 0.3 is 6.03 Å². The van der Waals surface area contributed by atoms with E-state index in [2.05, 4.69) is 17.4 Å². The second-order valence-corrected chi connectivity index (χ2v) is 9.83. The van der Waals surface area contributed by atoms with Gasteiger partial charge in [0.1, 0.15) is 17.2 Å². The minimum atomic E-state index is -0.819. The normalized spacial score (nSPS) is 23.6. The Hall–Kier alpha value is -2.96. The Morgan fingerprint density at radius 3 is 2.33 bits per heavy atom. The van der Waals surface area contributed by atoms with E-state index in [0.717, 1.165) is 31.7 Å². The summed E-state index contributed by atoms with van der Waals surface area (Å²) in [6, 6.07) is 12.9. The Morgan fingerprint density at radius 2 is 1.64 bits per heavy atom. The van der Waals surface area contributed by atoms with E-state index < -0.39 is 23.1 Å². The molecule has 7 heteroatoms. The fourth-order valence-corrected chi connectivity index (χ4v) is 5.38. The summed E-state index contributed by atoms with van der Waals surface area (Å²) in [4.78, 5) is 29.1. The van der Waals surface area contributed by atoms with Gasteiger partial charge in [0.05, 0.1) is 0 Å². The molecule has 2 atom stereocenters. The summed E-state index contributed by atoms with van der Waals surface area (Å²) < 4.78 is 28.6. The van der Waals surface area contributed by atoms with Gasteiger partial charge in [0.2, 0.25) is 0 Å². The summed E-state index contributed by atoms with van der Waals surface area (Å²) in [7, 11) is 0. The third-order valence-corrected chi connectivity index (χ3v) is 7.66. The summed E-state index contributed by atoms with van der Waals surface area (Å²) in [6.07, 6.45) is 3.32. The summed E-state index contributed by atoms with van der Waals surface area (Å²) in [5.74, 6) is -1.79. The largest absolute Gasteiger partial charge is 0.338 e. The smallest absolute Gasteiger partial charge is 0.317 e. The Kier molecular flexibility index (Phi) is 5.59. The number of rotatable bonds is 3. The summed E-state index contributed by atoms with van der Waals surface area (Å²) in [5, 5.41) is 3.17. The highest BCUT2D eigenvalue weighted by atomic mass is 19.1. The van der Waals surface area contributed by atoms with E-state index in [1.54, 1.807) is 4.90 Å². The highest BCUT2D eigenvalue weighted by Gasteiger charge is 2.45. The van der Waals surface area contributed by atoms with Gasteiger partial charge < -0.3 is 15.1 Å². The molecule has 3 amide bonds. The lowest BCUT2D eigenvalue weighted by atomic mass is 9.77. The van der Waals surface area contributed by atoms with E-state index in [1.807, 2.05) is 23.1 Å². The lowest BCUT2D eigenvalue weighted by molar-refractivity contribution is 0.0584. The van der Waals surface area contributed by atoms with Crippen LogP contribution >= 0.6 is 0 Å². The van der Waals surface area contributed by atoms with E-state index in [1.165, 1.54) is 18.6 Å². The first-order chi connectivity index (χ1) is 15.9. The van der Waals surface area contributed by atoms with E-state index in [4.69, 9.17) is 0 Å². The minimum Gasteiger partial charge on any atom is -0.338 e. The fourth-order valence-electron chi connectivity index (χ4n) is 5.38. The van der Waals surface area contributed by atoms with E-state index in [9.17, 15) is 18.4 Å². The molecule has 5 nitrogen and oxygen atoms in total. The topological polar surface area (TPSA) is 52.7 Å². The van der Waals surface area contributed by atoms with Crippen LogP contribution in [0, 0.1) is 24.0 Å². The number of urea groups is 1. The third-order valence-electron chi connectivity index (χ3n) is 7.66. The molecule has 2 aromatic rings. The zero-order chi connectivity index (χ0) is 23.2. The van der Waals surface area contributed by atoms with Crippen molar-refractivity contribution in [1.82, 2.24) is 15.1 Å². The highest BCUT2D eigenvalue weighted by Crippen LogP contribution is 2.43. The number of carbonyl (C=O) groups excluding carboxylic acids is 2. The van der Waals surface area contributed by atoms with Crippen molar-refractivity contribution in [2.45, 2.75) is 44.6 Å². The Labute approximate surface area is 192 Å². The average molecular weight is 454 g/mol. The molecule has 33 heavy (non-hydrogen) atoms. The molecule has 1 N–H and O–H groups in total. The van der Waals surface area contributed by atoms with Crippen LogP contribution in [-0.2, 0) is 0 Å². The van der Waals surface area contributed by atoms with Crippen molar-refractivity contribution in [3.63, 3.8) is 0 Å². The standard InChI is InChI=1S/C26H29F2N3O2/c1-17-7-8-20(27)22(23(17)28)24(32)30-12-9-26(10-13-30)11-14-31(16-26)25(33)29-21-15-19(21)18-5-3-2-4-6-18/h2-8,19,21H,9-16H2,1H3,(H,29,33)/t19-,21+/m0/s1. The zero-order valence-electron chi connectivity index (χ0n) is 18.8. The van der Waals surface area contributed by atoms with E-state index in [-0.39, 0.29) is 23.1 Å². The molecule has 0 unspecified atom stereocenters. The molecule has 0 radical (unpaired) electrons. The quantitative estimate of drug-likeness (QED) is 0.746. The molecule has 1 saturated carbocycles. The number of amides is 3. The number of carbonyl (C=O) groups is 2. The molecule has 2 saturated heterocycles. The summed E-state index contributed by atoms with van der Waals surface area (Å²) in [5.41, 5.74) is 1.03. The summed E-state index contributed by atoms with van der Waals surface area (Å²) >= 11 is 0. The van der Waals surface area contributed by atoms with Crippen LogP contribution in [-0.4, -0.2) is 54.0 Å². The number of aryl methyl sites for hydroxylation is 1. The number of hydrogen-bond donors (Lipinski definition) is 1. The van der Waals surface area contributed by atoms with Crippen LogP contribution in [0.2, 0.25) is 0 Å². The fraction of sp³-hybridized carbons (Fsp3) is 0.462. The molecule has 2 aromatic carbocycles. The first-order valence-electron chi connectivity index (χ1n) is 11.7. The number of hydrogen-bond acceptors (Lipinski definition) is 2. The number of piperidine rings is 1. The number of nitrogens with zero attached hydrogens (tertiary/aromatic N) is 2. The lowest BCUT2D eigenvalue weighted by Crippen LogP contribution is -2.46. The van der Waals surface area contributed by atoms with Crippen LogP contribution < -0.4 is 5.32 Å². The van der Waals surface area contributed by atoms with Crippen molar-refractivity contribution < 1.29 is 18.4 Å². The van der Waals surface area contributed by atoms with Crippen molar-refractivity contribution >= 4 is 11.9 Å². The first kappa shape index (κ1) is 21.9. The molecule has 2 aliphatic heterocycles. The molecule has 5 rings (SSSR count).